The molecule has 0 bridgehead atoms. The van der Waals surface area contributed by atoms with Crippen molar-refractivity contribution in [1.29, 1.82) is 0 Å². The molecule has 1 rings (SSSR count). The number of carbonyl (C=O) groups is 1. The van der Waals surface area contributed by atoms with Gasteiger partial charge in [0.2, 0.25) is 5.91 Å². The molecule has 1 heterocycles. The Morgan fingerprint density at radius 2 is 2.04 bits per heavy atom. The van der Waals surface area contributed by atoms with E-state index in [1.807, 2.05) is 18.5 Å². The van der Waals surface area contributed by atoms with Crippen LogP contribution < -0.4 is 16.4 Å². The molecule has 1 aromatic rings. The smallest absolute Gasteiger partial charge is 0.224 e. The van der Waals surface area contributed by atoms with Gasteiger partial charge >= 0.3 is 0 Å². The van der Waals surface area contributed by atoms with E-state index in [0.29, 0.717) is 12.5 Å². The lowest BCUT2D eigenvalue weighted by atomic mass is 9.93. The molecule has 0 atom stereocenters. The van der Waals surface area contributed by atoms with Gasteiger partial charge in [-0.15, -0.1) is 24.0 Å². The van der Waals surface area contributed by atoms with Gasteiger partial charge in [0.25, 0.3) is 0 Å². The molecule has 1 aromatic heterocycles. The summed E-state index contributed by atoms with van der Waals surface area (Å²) in [6, 6.07) is 2.07. The quantitative estimate of drug-likeness (QED) is 0.243. The molecule has 8 heteroatoms. The normalized spacial score (nSPS) is 11.8. The van der Waals surface area contributed by atoms with Crippen LogP contribution in [0.25, 0.3) is 0 Å². The number of aromatic nitrogens is 2. The van der Waals surface area contributed by atoms with E-state index in [0.717, 1.165) is 31.7 Å². The van der Waals surface area contributed by atoms with E-state index in [2.05, 4.69) is 33.7 Å². The van der Waals surface area contributed by atoms with E-state index in [1.165, 1.54) is 5.69 Å². The van der Waals surface area contributed by atoms with Crippen LogP contribution >= 0.6 is 24.0 Å². The maximum absolute atomic E-state index is 11.3. The minimum absolute atomic E-state index is 0. The highest BCUT2D eigenvalue weighted by molar-refractivity contribution is 14.0. The third kappa shape index (κ3) is 7.50. The molecule has 0 saturated carbocycles. The van der Waals surface area contributed by atoms with Gasteiger partial charge in [-0.25, -0.2) is 0 Å². The topological polar surface area (TPSA) is 97.3 Å². The Kier molecular flexibility index (Phi) is 9.95. The molecule has 24 heavy (non-hydrogen) atoms. The van der Waals surface area contributed by atoms with Crippen molar-refractivity contribution in [2.45, 2.75) is 47.6 Å². The number of amides is 1. The number of hydrogen-bond acceptors (Lipinski definition) is 3. The van der Waals surface area contributed by atoms with Crippen molar-refractivity contribution in [3.8, 4) is 0 Å². The van der Waals surface area contributed by atoms with E-state index in [9.17, 15) is 4.79 Å². The van der Waals surface area contributed by atoms with E-state index in [1.54, 1.807) is 13.8 Å². The Bertz CT molecular complexity index is 553. The van der Waals surface area contributed by atoms with Crippen LogP contribution in [0.15, 0.2) is 11.1 Å². The number of guanidine groups is 1. The number of nitrogens with zero attached hydrogens (tertiary/aromatic N) is 3. The molecule has 0 aliphatic carbocycles. The minimum atomic E-state index is -0.647. The van der Waals surface area contributed by atoms with Crippen molar-refractivity contribution in [3.05, 3.63) is 17.5 Å². The van der Waals surface area contributed by atoms with Crippen LogP contribution in [0, 0.1) is 19.3 Å². The Labute approximate surface area is 161 Å². The van der Waals surface area contributed by atoms with Gasteiger partial charge in [-0.05, 0) is 47.1 Å². The van der Waals surface area contributed by atoms with Gasteiger partial charge in [0.05, 0.1) is 17.7 Å². The van der Waals surface area contributed by atoms with Crippen molar-refractivity contribution < 1.29 is 4.79 Å². The predicted molar refractivity (Wildman–Crippen MR) is 109 cm³/mol. The summed E-state index contributed by atoms with van der Waals surface area (Å²) in [5, 5.41) is 10.9. The SMILES string of the molecule is CCNC(=NCC(C)(C)C(N)=O)NCCCn1nc(C)cc1C.I. The van der Waals surface area contributed by atoms with Crippen LogP contribution in [-0.2, 0) is 11.3 Å². The lowest BCUT2D eigenvalue weighted by molar-refractivity contribution is -0.125. The van der Waals surface area contributed by atoms with E-state index in [-0.39, 0.29) is 29.9 Å². The second-order valence-corrected chi connectivity index (χ2v) is 6.37. The van der Waals surface area contributed by atoms with E-state index in [4.69, 9.17) is 5.73 Å². The fourth-order valence-electron chi connectivity index (χ4n) is 2.03. The van der Waals surface area contributed by atoms with Crippen molar-refractivity contribution in [2.24, 2.45) is 16.1 Å². The average Bonchev–Trinajstić information content (AvgIpc) is 2.78. The van der Waals surface area contributed by atoms with Crippen molar-refractivity contribution in [3.63, 3.8) is 0 Å². The molecule has 0 radical (unpaired) electrons. The first-order chi connectivity index (χ1) is 10.8. The molecular formula is C16H31IN6O. The van der Waals surface area contributed by atoms with Gasteiger partial charge in [-0.3, -0.25) is 14.5 Å². The standard InChI is InChI=1S/C16H30N6O.HI/c1-6-18-15(20-11-16(4,5)14(17)23)19-8-7-9-22-13(3)10-12(2)21-22;/h10H,6-9,11H2,1-5H3,(H2,17,23)(H2,18,19,20);1H. The zero-order chi connectivity index (χ0) is 17.5. The zero-order valence-corrected chi connectivity index (χ0v) is 17.7. The molecule has 138 valence electrons. The third-order valence-electron chi connectivity index (χ3n) is 3.59. The largest absolute Gasteiger partial charge is 0.369 e. The zero-order valence-electron chi connectivity index (χ0n) is 15.3. The van der Waals surface area contributed by atoms with Crippen molar-refractivity contribution in [1.82, 2.24) is 20.4 Å². The van der Waals surface area contributed by atoms with Gasteiger partial charge in [0.15, 0.2) is 5.96 Å². The number of primary amides is 1. The molecule has 0 aromatic carbocycles. The molecule has 0 fully saturated rings. The number of nitrogens with two attached hydrogens (primary N) is 1. The molecule has 0 aliphatic heterocycles. The summed E-state index contributed by atoms with van der Waals surface area (Å²) < 4.78 is 2.01. The summed E-state index contributed by atoms with van der Waals surface area (Å²) in [6.45, 7) is 12.4. The number of halogens is 1. The van der Waals surface area contributed by atoms with E-state index >= 15 is 0 Å². The molecule has 0 spiro atoms. The fraction of sp³-hybridized carbons (Fsp3) is 0.688. The van der Waals surface area contributed by atoms with E-state index < -0.39 is 5.41 Å². The molecule has 7 nitrogen and oxygen atoms in total. The van der Waals surface area contributed by atoms with Gasteiger partial charge < -0.3 is 16.4 Å². The van der Waals surface area contributed by atoms with Gasteiger partial charge in [-0.1, -0.05) is 0 Å². The number of hydrogen-bond donors (Lipinski definition) is 3. The number of rotatable bonds is 8. The summed E-state index contributed by atoms with van der Waals surface area (Å²) in [4.78, 5) is 15.8. The molecule has 0 saturated heterocycles. The van der Waals surface area contributed by atoms with Crippen molar-refractivity contribution >= 4 is 35.8 Å². The van der Waals surface area contributed by atoms with Gasteiger partial charge in [0, 0.05) is 25.3 Å². The molecule has 0 unspecified atom stereocenters. The van der Waals surface area contributed by atoms with Crippen LogP contribution in [0.2, 0.25) is 0 Å². The second kappa shape index (κ2) is 10.5. The highest BCUT2D eigenvalue weighted by Gasteiger charge is 2.24. The highest BCUT2D eigenvalue weighted by Crippen LogP contribution is 2.13. The number of nitrogens with one attached hydrogen (secondary N) is 2. The third-order valence-corrected chi connectivity index (χ3v) is 3.59. The molecule has 4 N–H and O–H groups in total. The number of aliphatic imine (C=N–C) groups is 1. The van der Waals surface area contributed by atoms with Crippen LogP contribution in [-0.4, -0.2) is 41.3 Å². The van der Waals surface area contributed by atoms with Crippen LogP contribution in [0.1, 0.15) is 38.6 Å². The van der Waals surface area contributed by atoms with Gasteiger partial charge in [-0.2, -0.15) is 5.10 Å². The maximum Gasteiger partial charge on any atom is 0.224 e. The first-order valence-corrected chi connectivity index (χ1v) is 8.09. The average molecular weight is 450 g/mol. The maximum atomic E-state index is 11.3. The second-order valence-electron chi connectivity index (χ2n) is 6.37. The fourth-order valence-corrected chi connectivity index (χ4v) is 2.03. The molecular weight excluding hydrogens is 419 g/mol. The number of aryl methyl sites for hydroxylation is 3. The summed E-state index contributed by atoms with van der Waals surface area (Å²) in [7, 11) is 0. The Morgan fingerprint density at radius 3 is 2.54 bits per heavy atom. The molecule has 1 amide bonds. The Balaban J connectivity index is 0.00000529. The van der Waals surface area contributed by atoms with Crippen molar-refractivity contribution in [2.75, 3.05) is 19.6 Å². The predicted octanol–water partition coefficient (Wildman–Crippen LogP) is 1.57. The lowest BCUT2D eigenvalue weighted by Gasteiger charge is -2.19. The lowest BCUT2D eigenvalue weighted by Crippen LogP contribution is -2.40. The Morgan fingerprint density at radius 1 is 1.38 bits per heavy atom. The van der Waals surface area contributed by atoms with Crippen LogP contribution in [0.4, 0.5) is 0 Å². The molecule has 0 aliphatic rings. The summed E-state index contributed by atoms with van der Waals surface area (Å²) in [5.41, 5.74) is 6.94. The summed E-state index contributed by atoms with van der Waals surface area (Å²) >= 11 is 0. The summed E-state index contributed by atoms with van der Waals surface area (Å²) in [5.74, 6) is 0.358. The van der Waals surface area contributed by atoms with Crippen LogP contribution in [0.5, 0.6) is 0 Å². The first kappa shape index (κ1) is 22.7. The van der Waals surface area contributed by atoms with Crippen LogP contribution in [0.3, 0.4) is 0 Å². The Hall–Kier alpha value is -1.32. The first-order valence-electron chi connectivity index (χ1n) is 8.09. The monoisotopic (exact) mass is 450 g/mol. The van der Waals surface area contributed by atoms with Gasteiger partial charge in [0.1, 0.15) is 0 Å². The summed E-state index contributed by atoms with van der Waals surface area (Å²) in [6.07, 6.45) is 0.936. The number of carbonyl (C=O) groups excluding carboxylic acids is 1. The minimum Gasteiger partial charge on any atom is -0.369 e. The highest BCUT2D eigenvalue weighted by atomic mass is 127.